The largest absolute Gasteiger partial charge is 1.00 e. The van der Waals surface area contributed by atoms with Crippen LogP contribution in [-0.2, 0) is 98.5 Å². The average Bonchev–Trinajstić information content (AvgIpc) is 1.65. The summed E-state index contributed by atoms with van der Waals surface area (Å²) in [6.07, 6.45) is 2.64. The Hall–Kier alpha value is -9.48. The van der Waals surface area contributed by atoms with E-state index in [0.29, 0.717) is 105 Å². The van der Waals surface area contributed by atoms with E-state index in [1.54, 1.807) is 115 Å². The molecule has 7 aromatic carbocycles. The zero-order valence-corrected chi connectivity index (χ0v) is 91.9. The molecule has 4 saturated carbocycles. The Kier molecular flexibility index (Phi) is 58.9. The molecule has 0 aliphatic heterocycles. The molecule has 0 unspecified atom stereocenters. The quantitative estimate of drug-likeness (QED) is 0.00479. The van der Waals surface area contributed by atoms with Crippen molar-refractivity contribution in [3.05, 3.63) is 228 Å². The van der Waals surface area contributed by atoms with Crippen molar-refractivity contribution in [3.8, 4) is 0 Å². The number of ether oxygens (including phenoxy) is 1. The maximum absolute atomic E-state index is 14.1. The van der Waals surface area contributed by atoms with Crippen LogP contribution in [0.3, 0.4) is 0 Å². The minimum absolute atomic E-state index is 0. The van der Waals surface area contributed by atoms with Crippen molar-refractivity contribution < 1.29 is 217 Å². The number of carbonyl (C=O) groups excluding carboxylic acids is 12. The summed E-state index contributed by atoms with van der Waals surface area (Å²) in [6, 6.07) is 39.9. The fraction of sp³-hybridized carbons (Fsp3) is 0.414. The number of benzene rings is 7. The Bertz CT molecular complexity index is 5920. The summed E-state index contributed by atoms with van der Waals surface area (Å²) in [5.41, 5.74) is 30.5. The summed E-state index contributed by atoms with van der Waals surface area (Å²) in [5, 5.41) is 45.6. The first-order valence-corrected chi connectivity index (χ1v) is 47.8. The molecule has 49 heteroatoms. The summed E-state index contributed by atoms with van der Waals surface area (Å²) in [7, 11) is 0. The number of Topliss-reactive ketones (excluding diaryl/α,β-unsaturated/α-hetero) is 1. The molecular formula is C99H122BrCl4F7K2N18O17. The van der Waals surface area contributed by atoms with E-state index in [1.807, 2.05) is 20.8 Å². The number of carboxylic acid groups (broad SMARTS) is 1. The topological polar surface area (TPSA) is 534 Å². The Morgan fingerprint density at radius 3 is 1.19 bits per heavy atom. The molecule has 16 N–H and O–H groups in total. The maximum atomic E-state index is 14.1. The molecule has 3 aromatic heterocycles. The van der Waals surface area contributed by atoms with Crippen LogP contribution >= 0.6 is 62.3 Å². The first kappa shape index (κ1) is 133. The molecule has 0 radical (unpaired) electrons. The number of rotatable bonds is 34. The number of carbonyl (C=O) groups is 13. The zero-order valence-electron chi connectivity index (χ0n) is 82.1. The van der Waals surface area contributed by atoms with Gasteiger partial charge in [-0.2, -0.15) is 28.5 Å². The second-order valence-corrected chi connectivity index (χ2v) is 37.5. The van der Waals surface area contributed by atoms with Gasteiger partial charge >= 0.3 is 121 Å². The van der Waals surface area contributed by atoms with E-state index < -0.39 is 76.8 Å². The van der Waals surface area contributed by atoms with Gasteiger partial charge in [0, 0.05) is 84.1 Å². The molecular weight excluding hydrogens is 2150 g/mol. The molecule has 796 valence electrons. The van der Waals surface area contributed by atoms with Crippen molar-refractivity contribution >= 4 is 173 Å². The number of nitrogens with one attached hydrogen (secondary N) is 5. The number of para-hydroxylation sites is 3. The molecule has 14 rings (SSSR count). The number of halogens is 12. The van der Waals surface area contributed by atoms with Crippen molar-refractivity contribution in [2.24, 2.45) is 64.2 Å². The van der Waals surface area contributed by atoms with Gasteiger partial charge in [-0.25, -0.2) is 22.4 Å². The third-order valence-electron chi connectivity index (χ3n) is 22.6. The third kappa shape index (κ3) is 44.1. The standard InChI is InChI=1S/C25H27ClFN5O3.C24H26ClFN6O3.C15H20ClFN2O.C10H9BrClFO.C10H9N3O3.C10H20N2O2.C2HF3O.CH2O3.2CH4.2K.H/c1-15-9-16(10-15)12-31(13-21(33)29-11-17-5-4-7-19(26)23(17)27)22(34)14-32-20-8-3-2-6-18(20)24(30-32)25(28)35;25-18-6-3-4-15(22(18)26)10-29-20(33)12-31(11-14-8-16(27)9-14)21(34)13-32-19-7-2-1-5-17(19)23(30-32)24(28)35;1-10-5-11(6-10)7-18-9-14(20)19-8-12-3-2-4-13(16)15(12)17;11-6-8(14)5-4-7-2-1-3-9(12)10(7)13;11-10(16)9-6-3-1-2-4-7(6)13(12-9)5-8(14)15;1-10(2,3)14-9(13)12-8-4-7(5-8)6-11;3-2(4,5)1-6;2-1-4-3;;;;;/h2-8,15-16H,9-14H2,1H3,(H2,28,35)(H,29,33);1-7,14,16H,8-13,27H2,(H2,28,35)(H,29,33);2-4,10-11,18H,5-9H2,1H3,(H,19,20);1-3H,4-6H2;1-4H,5H2,(H2,11,16)(H,14,15);7-8H,4-6,11H2,1-3H3,(H,12,13);1H;1,3H;2*1H4;;;/q;;;;;;;;;;2*+1;-1/p-1. The predicted octanol–water partition coefficient (Wildman–Crippen LogP) is 7.08. The number of alkyl carbamates (subject to hydrolysis) is 1. The van der Waals surface area contributed by atoms with Gasteiger partial charge in [0.05, 0.1) is 61.6 Å². The van der Waals surface area contributed by atoms with E-state index in [1.165, 1.54) is 67.0 Å². The van der Waals surface area contributed by atoms with Crippen LogP contribution in [0.25, 0.3) is 32.7 Å². The number of nitrogens with zero attached hydrogens (tertiary/aromatic N) is 8. The number of primary amides is 3. The molecule has 35 nitrogen and oxygen atoms in total. The number of aldehydes is 1. The second kappa shape index (κ2) is 65.7. The van der Waals surface area contributed by atoms with Gasteiger partial charge < -0.3 is 86.5 Å². The molecule has 3 heterocycles. The molecule has 10 aromatic rings. The predicted molar refractivity (Wildman–Crippen MR) is 540 cm³/mol. The van der Waals surface area contributed by atoms with Gasteiger partial charge in [-0.3, -0.25) is 71.6 Å². The Balaban J connectivity index is 0.000000610. The van der Waals surface area contributed by atoms with E-state index in [2.05, 4.69) is 76.5 Å². The van der Waals surface area contributed by atoms with Crippen LogP contribution in [0.5, 0.6) is 0 Å². The number of nitrogens with two attached hydrogens (primary N) is 5. The van der Waals surface area contributed by atoms with E-state index in [-0.39, 0.29) is 280 Å². The van der Waals surface area contributed by atoms with Crippen molar-refractivity contribution in [3.63, 3.8) is 0 Å². The third-order valence-corrected chi connectivity index (χ3v) is 24.4. The summed E-state index contributed by atoms with van der Waals surface area (Å²) in [5.74, 6) is -3.53. The molecule has 4 fully saturated rings. The van der Waals surface area contributed by atoms with Crippen LogP contribution in [-0.4, -0.2) is 197 Å². The van der Waals surface area contributed by atoms with Crippen molar-refractivity contribution in [1.82, 2.24) is 65.7 Å². The minimum Gasteiger partial charge on any atom is -1.00 e. The molecule has 0 atom stereocenters. The Morgan fingerprint density at radius 2 is 0.865 bits per heavy atom. The van der Waals surface area contributed by atoms with Crippen molar-refractivity contribution in [2.45, 2.75) is 177 Å². The summed E-state index contributed by atoms with van der Waals surface area (Å²) in [6.45, 7) is 11.5. The Morgan fingerprint density at radius 1 is 0.527 bits per heavy atom. The number of aliphatic carboxylic acids is 1. The number of ketones is 1. The number of amides is 9. The fourth-order valence-electron chi connectivity index (χ4n) is 15.5. The molecule has 148 heavy (non-hydrogen) atoms. The number of aryl methyl sites for hydroxylation is 1. The summed E-state index contributed by atoms with van der Waals surface area (Å²) in [4.78, 5) is 154. The summed E-state index contributed by atoms with van der Waals surface area (Å²) < 4.78 is 95.7. The number of hydrogen-bond acceptors (Lipinski definition) is 22. The van der Waals surface area contributed by atoms with Gasteiger partial charge in [-0.15, -0.1) is 0 Å². The molecule has 0 saturated heterocycles. The zero-order chi connectivity index (χ0) is 106. The minimum atomic E-state index is -4.64. The van der Waals surface area contributed by atoms with Gasteiger partial charge in [0.2, 0.25) is 35.8 Å². The number of carboxylic acids is 1. The molecule has 0 bridgehead atoms. The van der Waals surface area contributed by atoms with Gasteiger partial charge in [0.15, 0.2) is 17.1 Å². The number of fused-ring (bicyclic) bond motifs is 3. The summed E-state index contributed by atoms with van der Waals surface area (Å²) >= 11 is 25.9. The van der Waals surface area contributed by atoms with E-state index in [4.69, 9.17) is 99.8 Å². The SMILES string of the molecule is C.C.CC(C)(C)OC(=O)NC1CC(CN)C1.CC1CC(CN(CC(=O)NCc2cccc(Cl)c2F)C(=O)Cn2nc(C(N)=O)c3ccccc32)C1.CC1CC(CNCC(=O)NCc2cccc(Cl)c2F)C1.NC(=O)c1nn(CC(=O)N(CC(=O)NCc2cccc(Cl)c2F)CC2CC(N)C2)c2ccccc12.NC(=O)c1nn(CC(=O)O)c2ccccc12.O=C(CBr)CCc1cccc(Cl)c1F.O=CC(F)(F)F.O=CO[O-].[H-].[K+].[K+]. The maximum Gasteiger partial charge on any atom is 1.00 e. The van der Waals surface area contributed by atoms with Crippen molar-refractivity contribution in [1.29, 1.82) is 0 Å². The van der Waals surface area contributed by atoms with Crippen LogP contribution in [0.15, 0.2) is 146 Å². The van der Waals surface area contributed by atoms with Crippen molar-refractivity contribution in [2.75, 3.05) is 51.1 Å². The monoisotopic (exact) mass is 2260 g/mol. The van der Waals surface area contributed by atoms with Gasteiger partial charge in [0.25, 0.3) is 24.2 Å². The van der Waals surface area contributed by atoms with Crippen LogP contribution in [0.1, 0.15) is 162 Å². The van der Waals surface area contributed by atoms with Crippen LogP contribution in [0, 0.1) is 58.8 Å². The molecule has 4 aliphatic carbocycles. The number of alkyl halides is 4. The van der Waals surface area contributed by atoms with Crippen LogP contribution in [0.4, 0.5) is 35.5 Å². The van der Waals surface area contributed by atoms with E-state index in [9.17, 15) is 83.5 Å². The van der Waals surface area contributed by atoms with E-state index >= 15 is 0 Å². The first-order valence-electron chi connectivity index (χ1n) is 45.2. The number of aromatic nitrogens is 6. The molecule has 9 amide bonds. The van der Waals surface area contributed by atoms with Crippen LogP contribution in [0.2, 0.25) is 20.1 Å². The normalized spacial score (nSPS) is 16.2. The average molecular weight is 2270 g/mol. The smallest absolute Gasteiger partial charge is 1.00 e. The van der Waals surface area contributed by atoms with Gasteiger partial charge in [-0.05, 0) is 175 Å². The Labute approximate surface area is 966 Å². The molecule has 4 aliphatic rings. The van der Waals surface area contributed by atoms with Gasteiger partial charge in [-0.1, -0.05) is 194 Å². The van der Waals surface area contributed by atoms with E-state index in [0.717, 1.165) is 51.0 Å². The molecule has 0 spiro atoms. The van der Waals surface area contributed by atoms with Gasteiger partial charge in [0.1, 0.15) is 54.3 Å². The first-order chi connectivity index (χ1) is 68.1. The fourth-order valence-corrected chi connectivity index (χ4v) is 16.6. The van der Waals surface area contributed by atoms with Crippen LogP contribution < -0.4 is 163 Å². The number of hydrogen-bond donors (Lipinski definition) is 11. The second-order valence-electron chi connectivity index (χ2n) is 35.3.